The van der Waals surface area contributed by atoms with Crippen LogP contribution in [0.15, 0.2) is 78.5 Å². The number of hydrogen-bond donors (Lipinski definition) is 1. The van der Waals surface area contributed by atoms with Crippen LogP contribution in [0.1, 0.15) is 13.8 Å². The lowest BCUT2D eigenvalue weighted by atomic mass is 10.1. The lowest BCUT2D eigenvalue weighted by molar-refractivity contribution is 0.432. The molecule has 1 N–H and O–H groups in total. The van der Waals surface area contributed by atoms with E-state index in [2.05, 4.69) is 23.0 Å². The number of sulfonamides is 1. The van der Waals surface area contributed by atoms with Gasteiger partial charge in [-0.05, 0) is 13.8 Å². The zero-order valence-electron chi connectivity index (χ0n) is 13.8. The number of allylic oxidation sites excluding steroid dienone is 3. The van der Waals surface area contributed by atoms with E-state index >= 15 is 0 Å². The van der Waals surface area contributed by atoms with E-state index in [0.29, 0.717) is 11.4 Å². The van der Waals surface area contributed by atoms with E-state index < -0.39 is 15.3 Å². The van der Waals surface area contributed by atoms with Gasteiger partial charge in [0.15, 0.2) is 5.76 Å². The van der Waals surface area contributed by atoms with Crippen LogP contribution in [0.5, 0.6) is 0 Å². The third-order valence-electron chi connectivity index (χ3n) is 3.01. The highest BCUT2D eigenvalue weighted by molar-refractivity contribution is 7.93. The van der Waals surface area contributed by atoms with Gasteiger partial charge in [-0.15, -0.1) is 6.58 Å². The fraction of sp³-hybridized carbons (Fsp3) is 0.167. The molecule has 2 rings (SSSR count). The van der Waals surface area contributed by atoms with E-state index in [1.54, 1.807) is 13.0 Å². The fourth-order valence-electron chi connectivity index (χ4n) is 1.62. The average molecular weight is 346 g/mol. The van der Waals surface area contributed by atoms with E-state index in [9.17, 15) is 8.42 Å². The summed E-state index contributed by atoms with van der Waals surface area (Å²) in [4.78, 5) is 0. The van der Waals surface area contributed by atoms with Crippen LogP contribution in [-0.2, 0) is 10.0 Å². The molecule has 1 unspecified atom stereocenters. The molecule has 0 saturated heterocycles. The molecule has 128 valence electrons. The molecule has 0 spiro atoms. The monoisotopic (exact) mass is 346 g/mol. The van der Waals surface area contributed by atoms with Gasteiger partial charge in [-0.3, -0.25) is 4.72 Å². The van der Waals surface area contributed by atoms with Crippen molar-refractivity contribution in [2.45, 2.75) is 19.1 Å². The van der Waals surface area contributed by atoms with Crippen LogP contribution in [0.25, 0.3) is 11.3 Å². The standard InChI is InChI=1S/C13H14N2O3S.C5H8/c1-3-10(2)19(16,17)15-12-9-14-18-13(12)11-7-5-4-6-8-11;1-3-5-4-2/h3-10,15H,1H2,2H3;3-5H,1H2,2H3/b;5-4-. The summed E-state index contributed by atoms with van der Waals surface area (Å²) in [5.41, 5.74) is 1.07. The molecule has 6 heteroatoms. The van der Waals surface area contributed by atoms with E-state index in [1.807, 2.05) is 49.4 Å². The first-order valence-corrected chi connectivity index (χ1v) is 8.88. The first kappa shape index (κ1) is 19.4. The molecule has 2 aromatic rings. The van der Waals surface area contributed by atoms with Crippen molar-refractivity contribution in [1.29, 1.82) is 0 Å². The Kier molecular flexibility index (Phi) is 7.71. The quantitative estimate of drug-likeness (QED) is 0.621. The lowest BCUT2D eigenvalue weighted by Crippen LogP contribution is -2.23. The van der Waals surface area contributed by atoms with Gasteiger partial charge in [0.05, 0.1) is 11.4 Å². The highest BCUT2D eigenvalue weighted by Gasteiger charge is 2.21. The third-order valence-corrected chi connectivity index (χ3v) is 4.68. The molecule has 0 aliphatic rings. The average Bonchev–Trinajstić information content (AvgIpc) is 3.03. The van der Waals surface area contributed by atoms with Crippen molar-refractivity contribution in [3.05, 3.63) is 74.0 Å². The van der Waals surface area contributed by atoms with E-state index in [1.165, 1.54) is 12.3 Å². The summed E-state index contributed by atoms with van der Waals surface area (Å²) in [6, 6.07) is 9.17. The second kappa shape index (κ2) is 9.52. The largest absolute Gasteiger partial charge is 0.354 e. The molecular weight excluding hydrogens is 324 g/mol. The minimum Gasteiger partial charge on any atom is -0.354 e. The number of anilines is 1. The maximum absolute atomic E-state index is 12.0. The van der Waals surface area contributed by atoms with Gasteiger partial charge in [0.25, 0.3) is 0 Å². The van der Waals surface area contributed by atoms with E-state index in [-0.39, 0.29) is 0 Å². The van der Waals surface area contributed by atoms with Crippen molar-refractivity contribution in [1.82, 2.24) is 5.16 Å². The number of aromatic nitrogens is 1. The van der Waals surface area contributed by atoms with Crippen LogP contribution < -0.4 is 4.72 Å². The van der Waals surface area contributed by atoms with Crippen molar-refractivity contribution in [3.8, 4) is 11.3 Å². The summed E-state index contributed by atoms with van der Waals surface area (Å²) < 4.78 is 31.5. The molecule has 0 aliphatic heterocycles. The number of benzene rings is 1. The molecule has 1 aromatic carbocycles. The van der Waals surface area contributed by atoms with Crippen LogP contribution in [0.2, 0.25) is 0 Å². The van der Waals surface area contributed by atoms with E-state index in [0.717, 1.165) is 5.56 Å². The number of rotatable bonds is 6. The molecular formula is C18H22N2O3S. The SMILES string of the molecule is C=C/C=C\C.C=CC(C)S(=O)(=O)Nc1cnoc1-c1ccccc1. The fourth-order valence-corrected chi connectivity index (χ4v) is 2.51. The van der Waals surface area contributed by atoms with Gasteiger partial charge < -0.3 is 4.52 Å². The molecule has 0 saturated carbocycles. The second-order valence-electron chi connectivity index (χ2n) is 4.78. The van der Waals surface area contributed by atoms with Gasteiger partial charge >= 0.3 is 0 Å². The van der Waals surface area contributed by atoms with Crippen molar-refractivity contribution < 1.29 is 12.9 Å². The van der Waals surface area contributed by atoms with Gasteiger partial charge in [-0.2, -0.15) is 0 Å². The highest BCUT2D eigenvalue weighted by Crippen LogP contribution is 2.28. The van der Waals surface area contributed by atoms with Gasteiger partial charge in [0, 0.05) is 5.56 Å². The maximum atomic E-state index is 12.0. The van der Waals surface area contributed by atoms with Gasteiger partial charge in [-0.1, -0.05) is 66.4 Å². The van der Waals surface area contributed by atoms with Gasteiger partial charge in [0.2, 0.25) is 10.0 Å². The lowest BCUT2D eigenvalue weighted by Gasteiger charge is -2.10. The Balaban J connectivity index is 0.000000505. The van der Waals surface area contributed by atoms with Crippen molar-refractivity contribution in [2.24, 2.45) is 0 Å². The molecule has 1 heterocycles. The smallest absolute Gasteiger partial charge is 0.239 e. The van der Waals surface area contributed by atoms with Crippen molar-refractivity contribution in [2.75, 3.05) is 4.72 Å². The third kappa shape index (κ3) is 5.55. The molecule has 1 aromatic heterocycles. The van der Waals surface area contributed by atoms with E-state index in [4.69, 9.17) is 4.52 Å². The molecule has 0 radical (unpaired) electrons. The predicted molar refractivity (Wildman–Crippen MR) is 99.2 cm³/mol. The Morgan fingerprint density at radius 2 is 1.92 bits per heavy atom. The Hall–Kier alpha value is -2.60. The molecule has 0 fully saturated rings. The first-order chi connectivity index (χ1) is 11.5. The minimum absolute atomic E-state index is 0.319. The topological polar surface area (TPSA) is 72.2 Å². The Bertz CT molecular complexity index is 778. The normalized spacial score (nSPS) is 12.1. The Labute approximate surface area is 143 Å². The molecule has 0 aliphatic carbocycles. The Morgan fingerprint density at radius 3 is 2.42 bits per heavy atom. The van der Waals surface area contributed by atoms with Crippen LogP contribution >= 0.6 is 0 Å². The second-order valence-corrected chi connectivity index (χ2v) is 6.82. The maximum Gasteiger partial charge on any atom is 0.239 e. The molecule has 0 bridgehead atoms. The predicted octanol–water partition coefficient (Wildman–Crippen LogP) is 4.41. The van der Waals surface area contributed by atoms with Crippen LogP contribution in [0.3, 0.4) is 0 Å². The van der Waals surface area contributed by atoms with Gasteiger partial charge in [0.1, 0.15) is 5.69 Å². The van der Waals surface area contributed by atoms with Crippen molar-refractivity contribution in [3.63, 3.8) is 0 Å². The summed E-state index contributed by atoms with van der Waals surface area (Å²) >= 11 is 0. The summed E-state index contributed by atoms with van der Waals surface area (Å²) in [7, 11) is -3.53. The van der Waals surface area contributed by atoms with Crippen LogP contribution in [-0.4, -0.2) is 18.8 Å². The van der Waals surface area contributed by atoms with Crippen LogP contribution in [0, 0.1) is 0 Å². The zero-order valence-corrected chi connectivity index (χ0v) is 14.7. The number of hydrogen-bond acceptors (Lipinski definition) is 4. The van der Waals surface area contributed by atoms with Crippen molar-refractivity contribution >= 4 is 15.7 Å². The molecule has 24 heavy (non-hydrogen) atoms. The summed E-state index contributed by atoms with van der Waals surface area (Å²) in [5, 5.41) is 2.94. The first-order valence-electron chi connectivity index (χ1n) is 7.34. The number of nitrogens with one attached hydrogen (secondary N) is 1. The number of nitrogens with zero attached hydrogens (tertiary/aromatic N) is 1. The highest BCUT2D eigenvalue weighted by atomic mass is 32.2. The van der Waals surface area contributed by atoms with Gasteiger partial charge in [-0.25, -0.2) is 8.42 Å². The molecule has 1 atom stereocenters. The Morgan fingerprint density at radius 1 is 1.25 bits per heavy atom. The zero-order chi connectivity index (χ0) is 18.0. The summed E-state index contributed by atoms with van der Waals surface area (Å²) in [6.45, 7) is 10.4. The molecule has 5 nitrogen and oxygen atoms in total. The van der Waals surface area contributed by atoms with Crippen LogP contribution in [0.4, 0.5) is 5.69 Å². The summed E-state index contributed by atoms with van der Waals surface area (Å²) in [5.74, 6) is 0.389. The minimum atomic E-state index is -3.53. The summed E-state index contributed by atoms with van der Waals surface area (Å²) in [6.07, 6.45) is 8.28. The molecule has 0 amide bonds.